The molecule has 0 aliphatic carbocycles. The van der Waals surface area contributed by atoms with Gasteiger partial charge < -0.3 is 10.1 Å². The Morgan fingerprint density at radius 3 is 2.81 bits per heavy atom. The van der Waals surface area contributed by atoms with Gasteiger partial charge in [0.1, 0.15) is 11.6 Å². The van der Waals surface area contributed by atoms with Crippen molar-refractivity contribution in [1.29, 1.82) is 0 Å². The molecule has 106 valence electrons. The zero-order valence-corrected chi connectivity index (χ0v) is 11.5. The van der Waals surface area contributed by atoms with Crippen molar-refractivity contribution < 1.29 is 13.9 Å². The second-order valence-electron chi connectivity index (χ2n) is 4.20. The standard InChI is InChI=1S/C17H14FNO2/c1-21-16-10-3-2-6-13(16)8-5-11-19-17(20)14-7-4-9-15(18)12-14/h2-4,6-7,9-10,12H,11H2,1H3,(H,19,20). The predicted octanol–water partition coefficient (Wildman–Crippen LogP) is 2.62. The molecule has 3 nitrogen and oxygen atoms in total. The van der Waals surface area contributed by atoms with Crippen LogP contribution in [0.2, 0.25) is 0 Å². The van der Waals surface area contributed by atoms with E-state index in [1.54, 1.807) is 13.2 Å². The fourth-order valence-corrected chi connectivity index (χ4v) is 1.74. The van der Waals surface area contributed by atoms with Gasteiger partial charge in [-0.25, -0.2) is 4.39 Å². The zero-order valence-electron chi connectivity index (χ0n) is 11.5. The van der Waals surface area contributed by atoms with E-state index in [2.05, 4.69) is 17.2 Å². The molecule has 1 amide bonds. The molecule has 0 spiro atoms. The van der Waals surface area contributed by atoms with Gasteiger partial charge in [-0.15, -0.1) is 0 Å². The summed E-state index contributed by atoms with van der Waals surface area (Å²) in [6.45, 7) is 0.174. The third kappa shape index (κ3) is 4.08. The van der Waals surface area contributed by atoms with Gasteiger partial charge in [0.25, 0.3) is 5.91 Å². The largest absolute Gasteiger partial charge is 0.495 e. The van der Waals surface area contributed by atoms with Crippen LogP contribution in [0.5, 0.6) is 5.75 Å². The Morgan fingerprint density at radius 2 is 2.05 bits per heavy atom. The van der Waals surface area contributed by atoms with Crippen molar-refractivity contribution in [1.82, 2.24) is 5.32 Å². The van der Waals surface area contributed by atoms with Crippen molar-refractivity contribution in [3.05, 3.63) is 65.5 Å². The van der Waals surface area contributed by atoms with E-state index in [4.69, 9.17) is 4.74 Å². The van der Waals surface area contributed by atoms with Crippen molar-refractivity contribution in [3.63, 3.8) is 0 Å². The number of carbonyl (C=O) groups excluding carboxylic acids is 1. The van der Waals surface area contributed by atoms with Gasteiger partial charge in [-0.3, -0.25) is 4.79 Å². The molecule has 0 aliphatic rings. The summed E-state index contributed by atoms with van der Waals surface area (Å²) < 4.78 is 18.2. The van der Waals surface area contributed by atoms with Crippen molar-refractivity contribution in [3.8, 4) is 17.6 Å². The van der Waals surface area contributed by atoms with E-state index in [0.29, 0.717) is 5.75 Å². The highest BCUT2D eigenvalue weighted by molar-refractivity contribution is 5.94. The fraction of sp³-hybridized carbons (Fsp3) is 0.118. The Hall–Kier alpha value is -2.80. The van der Waals surface area contributed by atoms with Crippen LogP contribution in [-0.2, 0) is 0 Å². The van der Waals surface area contributed by atoms with Crippen LogP contribution >= 0.6 is 0 Å². The first-order valence-corrected chi connectivity index (χ1v) is 6.36. The first-order valence-electron chi connectivity index (χ1n) is 6.36. The Morgan fingerprint density at radius 1 is 1.24 bits per heavy atom. The summed E-state index contributed by atoms with van der Waals surface area (Å²) in [7, 11) is 1.58. The van der Waals surface area contributed by atoms with Crippen LogP contribution in [0.3, 0.4) is 0 Å². The number of para-hydroxylation sites is 1. The highest BCUT2D eigenvalue weighted by atomic mass is 19.1. The van der Waals surface area contributed by atoms with Crippen LogP contribution in [0.25, 0.3) is 0 Å². The molecule has 1 N–H and O–H groups in total. The maximum absolute atomic E-state index is 13.0. The molecule has 0 aromatic heterocycles. The van der Waals surface area contributed by atoms with E-state index < -0.39 is 5.82 Å². The predicted molar refractivity (Wildman–Crippen MR) is 78.6 cm³/mol. The summed E-state index contributed by atoms with van der Waals surface area (Å²) in [5.74, 6) is 5.64. The van der Waals surface area contributed by atoms with Gasteiger partial charge in [0.2, 0.25) is 0 Å². The summed E-state index contributed by atoms with van der Waals surface area (Å²) in [5, 5.41) is 2.61. The lowest BCUT2D eigenvalue weighted by Crippen LogP contribution is -2.23. The van der Waals surface area contributed by atoms with Gasteiger partial charge in [-0.1, -0.05) is 30.0 Å². The van der Waals surface area contributed by atoms with Crippen LogP contribution in [0.1, 0.15) is 15.9 Å². The normalized spacial score (nSPS) is 9.43. The van der Waals surface area contributed by atoms with Crippen LogP contribution in [0.4, 0.5) is 4.39 Å². The van der Waals surface area contributed by atoms with Crippen LogP contribution in [-0.4, -0.2) is 19.6 Å². The molecule has 4 heteroatoms. The molecule has 0 unspecified atom stereocenters. The Balaban J connectivity index is 1.96. The summed E-state index contributed by atoms with van der Waals surface area (Å²) in [6, 6.07) is 12.9. The van der Waals surface area contributed by atoms with Crippen molar-refractivity contribution in [2.24, 2.45) is 0 Å². The lowest BCUT2D eigenvalue weighted by atomic mass is 10.2. The van der Waals surface area contributed by atoms with Gasteiger partial charge in [0.15, 0.2) is 0 Å². The number of ether oxygens (including phenoxy) is 1. The van der Waals surface area contributed by atoms with E-state index >= 15 is 0 Å². The maximum Gasteiger partial charge on any atom is 0.252 e. The molecule has 2 aromatic rings. The minimum atomic E-state index is -0.442. The van der Waals surface area contributed by atoms with E-state index in [1.807, 2.05) is 24.3 Å². The topological polar surface area (TPSA) is 38.3 Å². The van der Waals surface area contributed by atoms with Gasteiger partial charge in [0, 0.05) is 5.56 Å². The molecule has 21 heavy (non-hydrogen) atoms. The van der Waals surface area contributed by atoms with E-state index in [0.717, 1.165) is 5.56 Å². The summed E-state index contributed by atoms with van der Waals surface area (Å²) >= 11 is 0. The van der Waals surface area contributed by atoms with Gasteiger partial charge in [-0.2, -0.15) is 0 Å². The third-order valence-electron chi connectivity index (χ3n) is 2.75. The SMILES string of the molecule is COc1ccccc1C#CCNC(=O)c1cccc(F)c1. The lowest BCUT2D eigenvalue weighted by Gasteiger charge is -2.02. The number of hydrogen-bond acceptors (Lipinski definition) is 2. The molecule has 0 bridgehead atoms. The first kappa shape index (κ1) is 14.6. The number of methoxy groups -OCH3 is 1. The summed E-state index contributed by atoms with van der Waals surface area (Å²) in [5.41, 5.74) is 1.02. The highest BCUT2D eigenvalue weighted by Gasteiger charge is 2.04. The Kier molecular flexibility index (Phi) is 4.94. The van der Waals surface area contributed by atoms with Crippen LogP contribution < -0.4 is 10.1 Å². The van der Waals surface area contributed by atoms with Gasteiger partial charge >= 0.3 is 0 Å². The smallest absolute Gasteiger partial charge is 0.252 e. The molecule has 0 aliphatic heterocycles. The van der Waals surface area contributed by atoms with Crippen molar-refractivity contribution in [2.75, 3.05) is 13.7 Å². The highest BCUT2D eigenvalue weighted by Crippen LogP contribution is 2.15. The lowest BCUT2D eigenvalue weighted by molar-refractivity contribution is 0.0958. The molecule has 0 saturated carbocycles. The van der Waals surface area contributed by atoms with Crippen molar-refractivity contribution >= 4 is 5.91 Å². The summed E-state index contributed by atoms with van der Waals surface area (Å²) in [4.78, 5) is 11.8. The van der Waals surface area contributed by atoms with Crippen LogP contribution in [0, 0.1) is 17.7 Å². The number of benzene rings is 2. The summed E-state index contributed by atoms with van der Waals surface area (Å²) in [6.07, 6.45) is 0. The Labute approximate surface area is 122 Å². The monoisotopic (exact) mass is 283 g/mol. The molecule has 0 atom stereocenters. The number of rotatable bonds is 3. The number of nitrogens with one attached hydrogen (secondary N) is 1. The molecule has 0 saturated heterocycles. The quantitative estimate of drug-likeness (QED) is 0.879. The van der Waals surface area contributed by atoms with Gasteiger partial charge in [-0.05, 0) is 30.3 Å². The average Bonchev–Trinajstić information content (AvgIpc) is 2.51. The molecule has 0 heterocycles. The average molecular weight is 283 g/mol. The van der Waals surface area contributed by atoms with Gasteiger partial charge in [0.05, 0.1) is 19.2 Å². The maximum atomic E-state index is 13.0. The number of halogens is 1. The molecule has 2 rings (SSSR count). The fourth-order valence-electron chi connectivity index (χ4n) is 1.74. The second-order valence-corrected chi connectivity index (χ2v) is 4.20. The Bertz CT molecular complexity index is 701. The molecule has 2 aromatic carbocycles. The van der Waals surface area contributed by atoms with E-state index in [1.165, 1.54) is 18.2 Å². The van der Waals surface area contributed by atoms with Crippen molar-refractivity contribution in [2.45, 2.75) is 0 Å². The molecule has 0 fully saturated rings. The number of amides is 1. The second kappa shape index (κ2) is 7.11. The minimum absolute atomic E-state index is 0.174. The van der Waals surface area contributed by atoms with E-state index in [-0.39, 0.29) is 18.0 Å². The zero-order chi connectivity index (χ0) is 15.1. The first-order chi connectivity index (χ1) is 10.2. The minimum Gasteiger partial charge on any atom is -0.495 e. The molecule has 0 radical (unpaired) electrons. The molecular weight excluding hydrogens is 269 g/mol. The number of carbonyl (C=O) groups is 1. The van der Waals surface area contributed by atoms with Crippen LogP contribution in [0.15, 0.2) is 48.5 Å². The molecular formula is C17H14FNO2. The number of hydrogen-bond donors (Lipinski definition) is 1. The third-order valence-corrected chi connectivity index (χ3v) is 2.75. The van der Waals surface area contributed by atoms with E-state index in [9.17, 15) is 9.18 Å².